The molecule has 0 radical (unpaired) electrons. The van der Waals surface area contributed by atoms with Gasteiger partial charge in [0, 0.05) is 59.9 Å². The lowest BCUT2D eigenvalue weighted by molar-refractivity contribution is 0.561. The third-order valence-electron chi connectivity index (χ3n) is 19.1. The Morgan fingerprint density at radius 2 is 0.771 bits per heavy atom. The zero-order chi connectivity index (χ0) is 82.0. The third-order valence-corrected chi connectivity index (χ3v) is 19.1. The number of rotatable bonds is 5. The molecule has 0 atom stereocenters. The summed E-state index contributed by atoms with van der Waals surface area (Å²) >= 11 is 0. The molecule has 13 aromatic carbocycles. The van der Waals surface area contributed by atoms with Gasteiger partial charge in [-0.1, -0.05) is 313 Å². The molecule has 0 aliphatic rings. The van der Waals surface area contributed by atoms with E-state index in [1.54, 1.807) is 13.0 Å². The predicted octanol–water partition coefficient (Wildman–Crippen LogP) is 28.8. The van der Waals surface area contributed by atoms with Gasteiger partial charge in [-0.2, -0.15) is 5.26 Å². The van der Waals surface area contributed by atoms with E-state index in [4.69, 9.17) is 26.4 Å². The first-order chi connectivity index (χ1) is 53.9. The van der Waals surface area contributed by atoms with Crippen LogP contribution in [0, 0.1) is 23.7 Å². The summed E-state index contributed by atoms with van der Waals surface area (Å²) < 4.78 is 91.8. The Morgan fingerprint density at radius 3 is 1.27 bits per heavy atom. The summed E-state index contributed by atoms with van der Waals surface area (Å²) in [5.41, 5.74) is 19.5. The van der Waals surface area contributed by atoms with Crippen LogP contribution in [0.1, 0.15) is 144 Å². The molecule has 5 heteroatoms. The number of hydrogen-bond donors (Lipinski definition) is 0. The minimum Gasteiger partial charge on any atom is -0.456 e. The van der Waals surface area contributed by atoms with Crippen LogP contribution in [0.3, 0.4) is 0 Å². The standard InChI is InChI=1S/C28H24O.C23H22O.2C22H21N.C5H9N/c1-28(2,3)27-22(20-13-8-5-9-14-20)17-18-24-26(27)25-21(15-10-16-23(25)29-24)19-11-6-4-7-12-19;1-15-8-5-9-16(14-15)17-10-6-12-19-21(17)22-18(23(2,3)4)11-7-13-20(22)24-19;1-22(2,3)16-9-8-10-17(15-16)23-20-13-6-4-11-18(20)19-12-5-7-14-21(19)23;1-22(2,3)16-12-14-17(15-13-16)23-20-10-6-4-8-18(20)19-9-5-7-11-21(19)23;1-5(2,3)4-6/h4-18H,1-3H3;5-14H,1-4H3;2*4-15H,1-3H3;1-3H3/i4D,6D,7D,11D,12D;5D,8D,9D,14D;;;. The molecule has 17 rings (SSSR count). The third kappa shape index (κ3) is 15.0. The molecule has 0 aliphatic carbocycles. The summed E-state index contributed by atoms with van der Waals surface area (Å²) in [5, 5.41) is 16.9. The van der Waals surface area contributed by atoms with E-state index >= 15 is 0 Å². The fraction of sp³-hybridized carbons (Fsp3) is 0.210. The number of para-hydroxylation sites is 4. The van der Waals surface area contributed by atoms with Gasteiger partial charge in [0.25, 0.3) is 0 Å². The first-order valence-corrected chi connectivity index (χ1v) is 36.1. The van der Waals surface area contributed by atoms with Crippen LogP contribution in [0.25, 0.3) is 132 Å². The lowest BCUT2D eigenvalue weighted by atomic mass is 9.78. The van der Waals surface area contributed by atoms with E-state index in [0.29, 0.717) is 39.0 Å². The molecule has 5 nitrogen and oxygen atoms in total. The fourth-order valence-corrected chi connectivity index (χ4v) is 14.0. The van der Waals surface area contributed by atoms with Crippen LogP contribution in [0.2, 0.25) is 0 Å². The first kappa shape index (κ1) is 61.1. The van der Waals surface area contributed by atoms with Crippen molar-refractivity contribution in [3.05, 3.63) is 325 Å². The Balaban J connectivity index is 0.000000131. The van der Waals surface area contributed by atoms with Gasteiger partial charge in [0.15, 0.2) is 0 Å². The van der Waals surface area contributed by atoms with Crippen LogP contribution in [0.5, 0.6) is 0 Å². The normalized spacial score (nSPS) is 13.2. The van der Waals surface area contributed by atoms with Gasteiger partial charge in [-0.15, -0.1) is 0 Å². The van der Waals surface area contributed by atoms with E-state index in [2.05, 4.69) is 268 Å². The van der Waals surface area contributed by atoms with Gasteiger partial charge in [0.1, 0.15) is 22.3 Å². The lowest BCUT2D eigenvalue weighted by Gasteiger charge is -2.24. The summed E-state index contributed by atoms with van der Waals surface area (Å²) in [6.45, 7) is 33.8. The molecule has 17 aromatic rings. The van der Waals surface area contributed by atoms with Gasteiger partial charge in [-0.3, -0.25) is 0 Å². The lowest BCUT2D eigenvalue weighted by Crippen LogP contribution is -2.13. The minimum absolute atomic E-state index is 0.0571. The van der Waals surface area contributed by atoms with Gasteiger partial charge in [0.05, 0.1) is 40.5 Å². The van der Waals surface area contributed by atoms with E-state index in [9.17, 15) is 0 Å². The number of furan rings is 2. The largest absolute Gasteiger partial charge is 0.456 e. The zero-order valence-electron chi connectivity index (χ0n) is 72.3. The highest BCUT2D eigenvalue weighted by atomic mass is 16.3. The first-order valence-electron chi connectivity index (χ1n) is 40.6. The molecule has 0 saturated carbocycles. The topological polar surface area (TPSA) is 59.9 Å². The Labute approximate surface area is 633 Å². The SMILES string of the molecule is CC(C)(C)C#N.CC(C)(C)c1ccc(-n2c3ccccc3c3ccccc32)cc1.CC(C)(C)c1cccc(-n2c3ccccc3c3ccccc32)c1.[2H]c1c([2H])c(C)c([2H])c(-c2cccc3oc4cccc(C(C)(C)C)c4c23)c1[2H].[2H]c1c([2H])c([2H])c(-c2cccc3oc4ccc(-c5ccccc5)c(C(C)(C)C)c4c23)c([2H])c1[2H]. The average Bonchev–Trinajstić information content (AvgIpc) is 1.49. The fourth-order valence-electron chi connectivity index (χ4n) is 14.0. The van der Waals surface area contributed by atoms with Gasteiger partial charge in [-0.25, -0.2) is 0 Å². The van der Waals surface area contributed by atoms with E-state index in [0.717, 1.165) is 49.4 Å². The number of hydrogen-bond acceptors (Lipinski definition) is 3. The summed E-state index contributed by atoms with van der Waals surface area (Å²) in [6, 6.07) is 84.2. The molecule has 4 aromatic heterocycles. The summed E-state index contributed by atoms with van der Waals surface area (Å²) in [4.78, 5) is 0. The summed E-state index contributed by atoms with van der Waals surface area (Å²) in [7, 11) is 0. The monoisotopic (exact) mass is 1380 g/mol. The van der Waals surface area contributed by atoms with Gasteiger partial charge in [-0.05, 0) is 178 Å². The average molecular weight is 1380 g/mol. The molecule has 0 N–H and O–H groups in total. The maximum absolute atomic E-state index is 8.57. The van der Waals surface area contributed by atoms with Crippen molar-refractivity contribution in [2.24, 2.45) is 5.41 Å². The summed E-state index contributed by atoms with van der Waals surface area (Å²) in [6.07, 6.45) is 0. The highest BCUT2D eigenvalue weighted by Gasteiger charge is 2.28. The molecule has 4 heterocycles. The van der Waals surface area contributed by atoms with Crippen LogP contribution in [0.4, 0.5) is 0 Å². The maximum atomic E-state index is 8.57. The van der Waals surface area contributed by atoms with Crippen molar-refractivity contribution < 1.29 is 21.2 Å². The molecule has 0 saturated heterocycles. The Kier molecular flexibility index (Phi) is 16.9. The van der Waals surface area contributed by atoms with Crippen LogP contribution in [-0.2, 0) is 21.7 Å². The van der Waals surface area contributed by atoms with Crippen molar-refractivity contribution >= 4 is 87.5 Å². The molecule has 524 valence electrons. The molecular weight excluding hydrogens is 1280 g/mol. The van der Waals surface area contributed by atoms with E-state index in [1.165, 1.54) is 66.1 Å². The van der Waals surface area contributed by atoms with Gasteiger partial charge >= 0.3 is 0 Å². The van der Waals surface area contributed by atoms with Crippen molar-refractivity contribution in [2.75, 3.05) is 0 Å². The molecule has 105 heavy (non-hydrogen) atoms. The molecule has 0 spiro atoms. The molecular formula is C100H97N3O2. The highest BCUT2D eigenvalue weighted by Crippen LogP contribution is 2.47. The highest BCUT2D eigenvalue weighted by molar-refractivity contribution is 6.17. The van der Waals surface area contributed by atoms with Gasteiger partial charge < -0.3 is 18.0 Å². The smallest absolute Gasteiger partial charge is 0.136 e. The maximum Gasteiger partial charge on any atom is 0.136 e. The number of fused-ring (bicyclic) bond motifs is 12. The molecule has 0 amide bonds. The molecule has 0 aliphatic heterocycles. The van der Waals surface area contributed by atoms with E-state index in [-0.39, 0.29) is 81.0 Å². The van der Waals surface area contributed by atoms with Crippen molar-refractivity contribution in [1.29, 1.82) is 5.26 Å². The number of aromatic nitrogens is 2. The van der Waals surface area contributed by atoms with Crippen molar-refractivity contribution in [1.82, 2.24) is 9.13 Å². The predicted molar refractivity (Wildman–Crippen MR) is 450 cm³/mol. The second kappa shape index (κ2) is 29.0. The second-order valence-corrected chi connectivity index (χ2v) is 32.2. The van der Waals surface area contributed by atoms with Crippen LogP contribution in [-0.4, -0.2) is 9.13 Å². The molecule has 0 bridgehead atoms. The zero-order valence-corrected chi connectivity index (χ0v) is 63.3. The number of nitriles is 1. The Hall–Kier alpha value is -11.5. The van der Waals surface area contributed by atoms with E-state index in [1.807, 2.05) is 87.5 Å². The van der Waals surface area contributed by atoms with Crippen molar-refractivity contribution in [3.63, 3.8) is 0 Å². The van der Waals surface area contributed by atoms with Crippen molar-refractivity contribution in [2.45, 2.75) is 132 Å². The molecule has 0 fully saturated rings. The van der Waals surface area contributed by atoms with E-state index < -0.39 is 6.04 Å². The second-order valence-electron chi connectivity index (χ2n) is 32.2. The van der Waals surface area contributed by atoms with Gasteiger partial charge in [0.2, 0.25) is 0 Å². The van der Waals surface area contributed by atoms with Crippen LogP contribution >= 0.6 is 0 Å². The Bertz CT molecular complexity index is 6410. The van der Waals surface area contributed by atoms with Crippen LogP contribution < -0.4 is 0 Å². The number of nitrogens with zero attached hydrogens (tertiary/aromatic N) is 3. The summed E-state index contributed by atoms with van der Waals surface area (Å²) in [5.74, 6) is 0. The minimum atomic E-state index is -0.398. The molecule has 0 unspecified atom stereocenters. The van der Waals surface area contributed by atoms with Crippen LogP contribution in [0.15, 0.2) is 306 Å². The quantitative estimate of drug-likeness (QED) is 0.173. The Morgan fingerprint density at radius 1 is 0.333 bits per heavy atom. The number of benzene rings is 13. The van der Waals surface area contributed by atoms with Crippen molar-refractivity contribution in [3.8, 4) is 50.8 Å².